The highest BCUT2D eigenvalue weighted by molar-refractivity contribution is 6.07. The van der Waals surface area contributed by atoms with Gasteiger partial charge in [0.05, 0.1) is 5.56 Å². The first-order valence-electron chi connectivity index (χ1n) is 7.51. The van der Waals surface area contributed by atoms with Crippen molar-refractivity contribution < 1.29 is 13.2 Å². The van der Waals surface area contributed by atoms with Gasteiger partial charge >= 0.3 is 6.18 Å². The van der Waals surface area contributed by atoms with Crippen LogP contribution >= 0.6 is 0 Å². The molecule has 0 radical (unpaired) electrons. The Hall–Kier alpha value is -2.03. The number of benzene rings is 3. The van der Waals surface area contributed by atoms with Gasteiger partial charge in [-0.1, -0.05) is 49.7 Å². The van der Waals surface area contributed by atoms with Gasteiger partial charge in [0.25, 0.3) is 0 Å². The summed E-state index contributed by atoms with van der Waals surface area (Å²) in [5.74, 6) is 0. The fraction of sp³-hybridized carbons (Fsp3) is 0.263. The molecule has 3 aromatic carbocycles. The monoisotopic (exact) mass is 302 g/mol. The average Bonchev–Trinajstić information content (AvgIpc) is 2.51. The van der Waals surface area contributed by atoms with Gasteiger partial charge in [0.2, 0.25) is 0 Å². The molecule has 0 heterocycles. The Morgan fingerprint density at radius 1 is 0.818 bits per heavy atom. The van der Waals surface area contributed by atoms with Gasteiger partial charge in [-0.15, -0.1) is 0 Å². The second kappa shape index (κ2) is 5.64. The molecule has 0 spiro atoms. The maximum atomic E-state index is 12.8. The van der Waals surface area contributed by atoms with E-state index >= 15 is 0 Å². The van der Waals surface area contributed by atoms with Crippen LogP contribution in [-0.4, -0.2) is 0 Å². The largest absolute Gasteiger partial charge is 0.416 e. The van der Waals surface area contributed by atoms with Crippen LogP contribution in [0.25, 0.3) is 21.5 Å². The predicted molar refractivity (Wildman–Crippen MR) is 85.1 cm³/mol. The minimum absolute atomic E-state index is 0.598. The molecule has 0 aliphatic heterocycles. The van der Waals surface area contributed by atoms with Crippen molar-refractivity contribution in [2.24, 2.45) is 0 Å². The van der Waals surface area contributed by atoms with Crippen molar-refractivity contribution in [2.75, 3.05) is 0 Å². The van der Waals surface area contributed by atoms with Gasteiger partial charge in [0.15, 0.2) is 0 Å². The standard InChI is InChI=1S/C19H17F3/c1-2-3-4-13-5-9-17-14(11-13)6-7-15-12-16(19(20,21)22)8-10-18(15)17/h5-12H,2-4H2,1H3. The van der Waals surface area contributed by atoms with Crippen molar-refractivity contribution in [1.82, 2.24) is 0 Å². The number of hydrogen-bond acceptors (Lipinski definition) is 0. The topological polar surface area (TPSA) is 0 Å². The third-order valence-corrected chi connectivity index (χ3v) is 4.05. The molecule has 0 bridgehead atoms. The number of halogens is 3. The van der Waals surface area contributed by atoms with E-state index in [4.69, 9.17) is 0 Å². The highest BCUT2D eigenvalue weighted by Crippen LogP contribution is 2.33. The first-order chi connectivity index (χ1) is 10.5. The van der Waals surface area contributed by atoms with Gasteiger partial charge in [0, 0.05) is 0 Å². The number of fused-ring (bicyclic) bond motifs is 3. The molecule has 0 aliphatic carbocycles. The summed E-state index contributed by atoms with van der Waals surface area (Å²) < 4.78 is 38.4. The van der Waals surface area contributed by atoms with Gasteiger partial charge in [0.1, 0.15) is 0 Å². The smallest absolute Gasteiger partial charge is 0.166 e. The van der Waals surface area contributed by atoms with Gasteiger partial charge in [-0.3, -0.25) is 0 Å². The van der Waals surface area contributed by atoms with Crippen LogP contribution in [0.2, 0.25) is 0 Å². The Kier molecular flexibility index (Phi) is 3.81. The zero-order valence-corrected chi connectivity index (χ0v) is 12.4. The summed E-state index contributed by atoms with van der Waals surface area (Å²) in [5, 5.41) is 3.59. The van der Waals surface area contributed by atoms with Gasteiger partial charge in [-0.05, 0) is 52.1 Å². The quantitative estimate of drug-likeness (QED) is 0.494. The lowest BCUT2D eigenvalue weighted by Crippen LogP contribution is -2.04. The minimum atomic E-state index is -4.30. The highest BCUT2D eigenvalue weighted by atomic mass is 19.4. The second-order valence-corrected chi connectivity index (χ2v) is 5.66. The Labute approximate surface area is 127 Å². The van der Waals surface area contributed by atoms with Crippen LogP contribution in [0, 0.1) is 0 Å². The molecule has 0 nitrogen and oxygen atoms in total. The van der Waals surface area contributed by atoms with Crippen LogP contribution in [0.5, 0.6) is 0 Å². The van der Waals surface area contributed by atoms with E-state index in [1.165, 1.54) is 11.6 Å². The molecular formula is C19H17F3. The van der Waals surface area contributed by atoms with Gasteiger partial charge < -0.3 is 0 Å². The Bertz CT molecular complexity index is 816. The normalized spacial score (nSPS) is 12.2. The Morgan fingerprint density at radius 3 is 2.09 bits per heavy atom. The van der Waals surface area contributed by atoms with E-state index in [1.807, 2.05) is 12.1 Å². The van der Waals surface area contributed by atoms with E-state index in [0.717, 1.165) is 41.5 Å². The molecule has 0 saturated heterocycles. The maximum absolute atomic E-state index is 12.8. The van der Waals surface area contributed by atoms with Crippen molar-refractivity contribution in [3.05, 3.63) is 59.7 Å². The summed E-state index contributed by atoms with van der Waals surface area (Å²) >= 11 is 0. The molecular weight excluding hydrogens is 285 g/mol. The van der Waals surface area contributed by atoms with E-state index in [-0.39, 0.29) is 0 Å². The predicted octanol–water partition coefficient (Wildman–Crippen LogP) is 6.35. The van der Waals surface area contributed by atoms with Gasteiger partial charge in [-0.2, -0.15) is 13.2 Å². The van der Waals surface area contributed by atoms with Crippen molar-refractivity contribution in [3.63, 3.8) is 0 Å². The second-order valence-electron chi connectivity index (χ2n) is 5.66. The van der Waals surface area contributed by atoms with Crippen LogP contribution in [0.4, 0.5) is 13.2 Å². The molecule has 0 saturated carbocycles. The zero-order valence-electron chi connectivity index (χ0n) is 12.4. The molecule has 0 atom stereocenters. The first kappa shape index (κ1) is 14.9. The summed E-state index contributed by atoms with van der Waals surface area (Å²) in [6, 6.07) is 13.9. The summed E-state index contributed by atoms with van der Waals surface area (Å²) in [6.07, 6.45) is -0.964. The summed E-state index contributed by atoms with van der Waals surface area (Å²) in [7, 11) is 0. The molecule has 3 rings (SSSR count). The van der Waals surface area contributed by atoms with E-state index in [0.29, 0.717) is 5.39 Å². The van der Waals surface area contributed by atoms with Gasteiger partial charge in [-0.25, -0.2) is 0 Å². The van der Waals surface area contributed by atoms with Crippen molar-refractivity contribution >= 4 is 21.5 Å². The molecule has 0 aliphatic rings. The van der Waals surface area contributed by atoms with E-state index in [9.17, 15) is 13.2 Å². The van der Waals surface area contributed by atoms with E-state index in [2.05, 4.69) is 19.1 Å². The number of hydrogen-bond donors (Lipinski definition) is 0. The van der Waals surface area contributed by atoms with Crippen LogP contribution in [0.15, 0.2) is 48.5 Å². The number of aryl methyl sites for hydroxylation is 1. The minimum Gasteiger partial charge on any atom is -0.166 e. The molecule has 0 aromatic heterocycles. The average molecular weight is 302 g/mol. The van der Waals surface area contributed by atoms with Crippen molar-refractivity contribution in [2.45, 2.75) is 32.4 Å². The molecule has 114 valence electrons. The first-order valence-corrected chi connectivity index (χ1v) is 7.51. The van der Waals surface area contributed by atoms with Crippen LogP contribution < -0.4 is 0 Å². The van der Waals surface area contributed by atoms with E-state index in [1.54, 1.807) is 12.1 Å². The Morgan fingerprint density at radius 2 is 1.45 bits per heavy atom. The van der Waals surface area contributed by atoms with Crippen LogP contribution in [0.1, 0.15) is 30.9 Å². The van der Waals surface area contributed by atoms with Crippen molar-refractivity contribution in [3.8, 4) is 0 Å². The lowest BCUT2D eigenvalue weighted by molar-refractivity contribution is -0.137. The third-order valence-electron chi connectivity index (χ3n) is 4.05. The summed E-state index contributed by atoms with van der Waals surface area (Å²) in [6.45, 7) is 2.16. The number of unbranched alkanes of at least 4 members (excludes halogenated alkanes) is 1. The van der Waals surface area contributed by atoms with Crippen molar-refractivity contribution in [1.29, 1.82) is 0 Å². The summed E-state index contributed by atoms with van der Waals surface area (Å²) in [5.41, 5.74) is 0.680. The highest BCUT2D eigenvalue weighted by Gasteiger charge is 2.30. The molecule has 0 amide bonds. The lowest BCUT2D eigenvalue weighted by atomic mass is 9.97. The third kappa shape index (κ3) is 2.80. The molecule has 22 heavy (non-hydrogen) atoms. The fourth-order valence-electron chi connectivity index (χ4n) is 2.83. The lowest BCUT2D eigenvalue weighted by Gasteiger charge is -2.10. The van der Waals surface area contributed by atoms with Crippen LogP contribution in [0.3, 0.4) is 0 Å². The van der Waals surface area contributed by atoms with Crippen LogP contribution in [-0.2, 0) is 12.6 Å². The SMILES string of the molecule is CCCCc1ccc2c(ccc3cc(C(F)(F)F)ccc32)c1. The fourth-order valence-corrected chi connectivity index (χ4v) is 2.83. The Balaban J connectivity index is 2.11. The molecule has 0 N–H and O–H groups in total. The molecule has 3 aromatic rings. The summed E-state index contributed by atoms with van der Waals surface area (Å²) in [4.78, 5) is 0. The number of alkyl halides is 3. The number of rotatable bonds is 3. The molecule has 3 heteroatoms. The molecule has 0 unspecified atom stereocenters. The molecule has 0 fully saturated rings. The van der Waals surface area contributed by atoms with E-state index < -0.39 is 11.7 Å². The maximum Gasteiger partial charge on any atom is 0.416 e. The zero-order chi connectivity index (χ0) is 15.7.